The number of aliphatic carboxylic acids is 1. The molecule has 1 aromatic carbocycles. The van der Waals surface area contributed by atoms with Crippen LogP contribution in [0.4, 0.5) is 4.79 Å². The van der Waals surface area contributed by atoms with Crippen LogP contribution < -0.4 is 4.74 Å². The SMILES string of the molecule is CCC(=O)O[C@H](C)OC(=O)N1C[C@@H](Oc2cccc(Cl)c2)C[C@H]1C(=O)O. The summed E-state index contributed by atoms with van der Waals surface area (Å²) < 4.78 is 15.6. The van der Waals surface area contributed by atoms with Crippen molar-refractivity contribution in [1.82, 2.24) is 4.90 Å². The first-order chi connectivity index (χ1) is 12.3. The van der Waals surface area contributed by atoms with Crippen LogP contribution in [0.2, 0.25) is 5.02 Å². The van der Waals surface area contributed by atoms with Gasteiger partial charge in [0.25, 0.3) is 0 Å². The number of carboxylic acid groups (broad SMARTS) is 1. The molecule has 0 saturated carbocycles. The molecule has 142 valence electrons. The zero-order valence-corrected chi connectivity index (χ0v) is 15.1. The summed E-state index contributed by atoms with van der Waals surface area (Å²) in [6.45, 7) is 3.02. The van der Waals surface area contributed by atoms with Crippen molar-refractivity contribution < 1.29 is 33.7 Å². The summed E-state index contributed by atoms with van der Waals surface area (Å²) in [5.74, 6) is -1.21. The average Bonchev–Trinajstić information content (AvgIpc) is 2.98. The lowest BCUT2D eigenvalue weighted by Crippen LogP contribution is -2.42. The molecular weight excluding hydrogens is 366 g/mol. The first kappa shape index (κ1) is 19.8. The number of rotatable bonds is 6. The van der Waals surface area contributed by atoms with Crippen LogP contribution in [0.15, 0.2) is 24.3 Å². The summed E-state index contributed by atoms with van der Waals surface area (Å²) in [5, 5.41) is 9.85. The van der Waals surface area contributed by atoms with Crippen molar-refractivity contribution in [1.29, 1.82) is 0 Å². The molecule has 2 rings (SSSR count). The van der Waals surface area contributed by atoms with Crippen molar-refractivity contribution in [2.24, 2.45) is 0 Å². The first-order valence-corrected chi connectivity index (χ1v) is 8.49. The number of esters is 1. The molecule has 1 amide bonds. The maximum absolute atomic E-state index is 12.3. The highest BCUT2D eigenvalue weighted by Crippen LogP contribution is 2.26. The highest BCUT2D eigenvalue weighted by Gasteiger charge is 2.42. The monoisotopic (exact) mass is 385 g/mol. The van der Waals surface area contributed by atoms with Crippen molar-refractivity contribution in [3.05, 3.63) is 29.3 Å². The Kier molecular flexibility index (Phi) is 6.68. The number of likely N-dealkylation sites (tertiary alicyclic amines) is 1. The van der Waals surface area contributed by atoms with E-state index in [1.165, 1.54) is 6.92 Å². The Hall–Kier alpha value is -2.48. The summed E-state index contributed by atoms with van der Waals surface area (Å²) >= 11 is 5.90. The quantitative estimate of drug-likeness (QED) is 0.593. The third-order valence-electron chi connectivity index (χ3n) is 3.73. The van der Waals surface area contributed by atoms with Crippen LogP contribution >= 0.6 is 11.6 Å². The summed E-state index contributed by atoms with van der Waals surface area (Å²) in [6, 6.07) is 5.59. The number of carbonyl (C=O) groups excluding carboxylic acids is 2. The van der Waals surface area contributed by atoms with Gasteiger partial charge >= 0.3 is 18.0 Å². The molecular formula is C17H20ClNO7. The summed E-state index contributed by atoms with van der Waals surface area (Å²) in [4.78, 5) is 36.0. The Bertz CT molecular complexity index is 681. The fourth-order valence-corrected chi connectivity index (χ4v) is 2.73. The lowest BCUT2D eigenvalue weighted by Gasteiger charge is -2.23. The number of ether oxygens (including phenoxy) is 3. The van der Waals surface area contributed by atoms with Crippen LogP contribution in [0.5, 0.6) is 5.75 Å². The number of hydrogen-bond acceptors (Lipinski definition) is 6. The Morgan fingerprint density at radius 1 is 1.35 bits per heavy atom. The molecule has 0 bridgehead atoms. The van der Waals surface area contributed by atoms with Crippen LogP contribution in [-0.2, 0) is 19.1 Å². The smallest absolute Gasteiger partial charge is 0.413 e. The van der Waals surface area contributed by atoms with E-state index >= 15 is 0 Å². The number of halogens is 1. The van der Waals surface area contributed by atoms with E-state index in [0.29, 0.717) is 10.8 Å². The van der Waals surface area contributed by atoms with Crippen molar-refractivity contribution in [2.75, 3.05) is 6.54 Å². The molecule has 8 nitrogen and oxygen atoms in total. The van der Waals surface area contributed by atoms with Gasteiger partial charge in [0.15, 0.2) is 0 Å². The number of carbonyl (C=O) groups is 3. The van der Waals surface area contributed by atoms with E-state index in [0.717, 1.165) is 4.90 Å². The molecule has 1 fully saturated rings. The predicted octanol–water partition coefficient (Wildman–Crippen LogP) is 2.68. The fourth-order valence-electron chi connectivity index (χ4n) is 2.55. The number of carboxylic acids is 1. The molecule has 1 aromatic rings. The van der Waals surface area contributed by atoms with Gasteiger partial charge < -0.3 is 19.3 Å². The normalized spacial score (nSPS) is 20.3. The molecule has 1 heterocycles. The van der Waals surface area contributed by atoms with Gasteiger partial charge in [0.05, 0.1) is 6.54 Å². The standard InChI is InChI=1S/C17H20ClNO7/c1-3-15(20)24-10(2)25-17(23)19-9-13(8-14(19)16(21)22)26-12-6-4-5-11(18)7-12/h4-7,10,13-14H,3,8-9H2,1-2H3,(H,21,22)/t10-,13-,14-/m0/s1. The molecule has 1 aliphatic heterocycles. The number of benzene rings is 1. The third-order valence-corrected chi connectivity index (χ3v) is 3.97. The van der Waals surface area contributed by atoms with E-state index in [4.69, 9.17) is 25.8 Å². The van der Waals surface area contributed by atoms with Gasteiger partial charge in [0, 0.05) is 24.8 Å². The van der Waals surface area contributed by atoms with Crippen molar-refractivity contribution in [3.8, 4) is 5.75 Å². The second-order valence-corrected chi connectivity index (χ2v) is 6.17. The molecule has 26 heavy (non-hydrogen) atoms. The van der Waals surface area contributed by atoms with E-state index in [9.17, 15) is 19.5 Å². The minimum Gasteiger partial charge on any atom is -0.488 e. The third kappa shape index (κ3) is 5.26. The highest BCUT2D eigenvalue weighted by atomic mass is 35.5. The predicted molar refractivity (Wildman–Crippen MR) is 90.9 cm³/mol. The maximum atomic E-state index is 12.3. The van der Waals surface area contributed by atoms with Crippen LogP contribution in [0.1, 0.15) is 26.7 Å². The van der Waals surface area contributed by atoms with Gasteiger partial charge in [-0.2, -0.15) is 0 Å². The van der Waals surface area contributed by atoms with Crippen molar-refractivity contribution in [2.45, 2.75) is 45.1 Å². The summed E-state index contributed by atoms with van der Waals surface area (Å²) in [5.41, 5.74) is 0. The average molecular weight is 386 g/mol. The van der Waals surface area contributed by atoms with Gasteiger partial charge in [-0.3, -0.25) is 9.69 Å². The van der Waals surface area contributed by atoms with Gasteiger partial charge in [-0.1, -0.05) is 24.6 Å². The topological polar surface area (TPSA) is 102 Å². The van der Waals surface area contributed by atoms with Crippen LogP contribution in [0.25, 0.3) is 0 Å². The van der Waals surface area contributed by atoms with E-state index < -0.39 is 36.5 Å². The number of nitrogens with zero attached hydrogens (tertiary/aromatic N) is 1. The van der Waals surface area contributed by atoms with Gasteiger partial charge in [-0.05, 0) is 18.2 Å². The molecule has 1 aliphatic rings. The zero-order chi connectivity index (χ0) is 19.3. The lowest BCUT2D eigenvalue weighted by molar-refractivity contribution is -0.166. The zero-order valence-electron chi connectivity index (χ0n) is 14.4. The van der Waals surface area contributed by atoms with Crippen molar-refractivity contribution >= 4 is 29.6 Å². The second-order valence-electron chi connectivity index (χ2n) is 5.73. The fraction of sp³-hybridized carbons (Fsp3) is 0.471. The molecule has 1 N–H and O–H groups in total. The minimum absolute atomic E-state index is 0.0246. The van der Waals surface area contributed by atoms with Crippen LogP contribution in [0, 0.1) is 0 Å². The number of amides is 1. The van der Waals surface area contributed by atoms with E-state index in [1.54, 1.807) is 31.2 Å². The molecule has 0 aliphatic carbocycles. The lowest BCUT2D eigenvalue weighted by atomic mass is 10.2. The van der Waals surface area contributed by atoms with Gasteiger partial charge in [-0.25, -0.2) is 9.59 Å². The van der Waals surface area contributed by atoms with E-state index in [-0.39, 0.29) is 19.4 Å². The highest BCUT2D eigenvalue weighted by molar-refractivity contribution is 6.30. The van der Waals surface area contributed by atoms with Crippen molar-refractivity contribution in [3.63, 3.8) is 0 Å². The minimum atomic E-state index is -1.17. The Morgan fingerprint density at radius 3 is 2.69 bits per heavy atom. The molecule has 3 atom stereocenters. The van der Waals surface area contributed by atoms with Gasteiger partial charge in [0.2, 0.25) is 6.29 Å². The maximum Gasteiger partial charge on any atom is 0.413 e. The Labute approximate surface area is 155 Å². The number of hydrogen-bond donors (Lipinski definition) is 1. The van der Waals surface area contributed by atoms with Gasteiger partial charge in [0.1, 0.15) is 17.9 Å². The van der Waals surface area contributed by atoms with E-state index in [2.05, 4.69) is 0 Å². The van der Waals surface area contributed by atoms with Crippen LogP contribution in [-0.4, -0.2) is 53.0 Å². The second kappa shape index (κ2) is 8.75. The first-order valence-electron chi connectivity index (χ1n) is 8.12. The summed E-state index contributed by atoms with van der Waals surface area (Å²) in [7, 11) is 0. The molecule has 9 heteroatoms. The largest absolute Gasteiger partial charge is 0.488 e. The molecule has 0 spiro atoms. The molecule has 0 radical (unpaired) electrons. The van der Waals surface area contributed by atoms with Crippen LogP contribution in [0.3, 0.4) is 0 Å². The van der Waals surface area contributed by atoms with Gasteiger partial charge in [-0.15, -0.1) is 0 Å². The Balaban J connectivity index is 2.01. The Morgan fingerprint density at radius 2 is 2.08 bits per heavy atom. The molecule has 0 aromatic heterocycles. The van der Waals surface area contributed by atoms with E-state index in [1.807, 2.05) is 0 Å². The molecule has 0 unspecified atom stereocenters. The summed E-state index contributed by atoms with van der Waals surface area (Å²) in [6.07, 6.45) is -2.29. The molecule has 1 saturated heterocycles.